The van der Waals surface area contributed by atoms with E-state index >= 15 is 0 Å². The summed E-state index contributed by atoms with van der Waals surface area (Å²) in [5, 5.41) is 8.35. The molecule has 0 saturated carbocycles. The van der Waals surface area contributed by atoms with Crippen molar-refractivity contribution in [3.8, 4) is 0 Å². The summed E-state index contributed by atoms with van der Waals surface area (Å²) in [7, 11) is 0. The average Bonchev–Trinajstić information content (AvgIpc) is 2.62. The highest BCUT2D eigenvalue weighted by atomic mass is 35.5. The lowest BCUT2D eigenvalue weighted by atomic mass is 9.93. The van der Waals surface area contributed by atoms with Crippen LogP contribution in [0.15, 0.2) is 42.5 Å². The van der Waals surface area contributed by atoms with E-state index < -0.39 is 68.8 Å². The first-order valence-corrected chi connectivity index (χ1v) is 8.86. The van der Waals surface area contributed by atoms with Crippen LogP contribution < -0.4 is 0 Å². The molecule has 0 aliphatic heterocycles. The summed E-state index contributed by atoms with van der Waals surface area (Å²) in [6, 6.07) is 2.86. The zero-order valence-electron chi connectivity index (χ0n) is 15.8. The van der Waals surface area contributed by atoms with Crippen LogP contribution in [0.3, 0.4) is 0 Å². The van der Waals surface area contributed by atoms with Crippen LogP contribution in [0, 0.1) is 0 Å². The second-order valence-corrected chi connectivity index (χ2v) is 7.20. The Bertz CT molecular complexity index is 1050. The van der Waals surface area contributed by atoms with Crippen LogP contribution in [0.5, 0.6) is 0 Å². The van der Waals surface area contributed by atoms with E-state index in [1.807, 2.05) is 0 Å². The Morgan fingerprint density at radius 1 is 1.00 bits per heavy atom. The van der Waals surface area contributed by atoms with Crippen LogP contribution in [0.25, 0.3) is 5.83 Å². The van der Waals surface area contributed by atoms with E-state index in [2.05, 4.69) is 0 Å². The topological polar surface area (TPSA) is 37.3 Å². The molecule has 0 fully saturated rings. The predicted octanol–water partition coefficient (Wildman–Crippen LogP) is 7.83. The normalized spacial score (nSPS) is 14.4. The molecule has 1 N–H and O–H groups in total. The molecule has 2 nitrogen and oxygen atoms in total. The van der Waals surface area contributed by atoms with Gasteiger partial charge in [-0.15, -0.1) is 0 Å². The highest BCUT2D eigenvalue weighted by molar-refractivity contribution is 6.30. The first kappa shape index (κ1) is 25.6. The lowest BCUT2D eigenvalue weighted by molar-refractivity contribution is -0.140. The quantitative estimate of drug-likeness (QED) is 0.434. The summed E-state index contributed by atoms with van der Waals surface area (Å²) in [5.74, 6) is -10.2. The molecule has 0 radical (unpaired) electrons. The lowest BCUT2D eigenvalue weighted by Crippen LogP contribution is -2.20. The lowest BCUT2D eigenvalue weighted by Gasteiger charge is -2.20. The van der Waals surface area contributed by atoms with Crippen molar-refractivity contribution < 1.29 is 49.4 Å². The molecule has 0 aliphatic carbocycles. The highest BCUT2D eigenvalue weighted by Crippen LogP contribution is 2.42. The molecule has 2 aromatic carbocycles. The molecule has 0 aliphatic rings. The summed E-state index contributed by atoms with van der Waals surface area (Å²) >= 11 is 5.63. The zero-order valence-corrected chi connectivity index (χ0v) is 16.5. The fourth-order valence-corrected chi connectivity index (χ4v) is 3.02. The number of allylic oxidation sites excluding steroid dienone is 1. The third kappa shape index (κ3) is 5.96. The number of carboxylic acid groups (broad SMARTS) is 1. The summed E-state index contributed by atoms with van der Waals surface area (Å²) < 4.78 is 122. The molecule has 2 rings (SSSR count). The Kier molecular flexibility index (Phi) is 6.94. The molecule has 0 spiro atoms. The van der Waals surface area contributed by atoms with Gasteiger partial charge in [0.05, 0.1) is 11.1 Å². The molecule has 0 bridgehead atoms. The Morgan fingerprint density at radius 3 is 2.06 bits per heavy atom. The van der Waals surface area contributed by atoms with Crippen molar-refractivity contribution in [3.63, 3.8) is 0 Å². The van der Waals surface area contributed by atoms with Crippen LogP contribution in [0.4, 0.5) is 39.5 Å². The second kappa shape index (κ2) is 8.68. The molecule has 0 heterocycles. The number of hydrogen-bond acceptors (Lipinski definition) is 1. The summed E-state index contributed by atoms with van der Waals surface area (Å²) in [6.07, 6.45) is -10.6. The summed E-state index contributed by atoms with van der Waals surface area (Å²) in [5.41, 5.74) is -5.74. The third-order valence-electron chi connectivity index (χ3n) is 4.28. The van der Waals surface area contributed by atoms with Crippen LogP contribution in [-0.2, 0) is 12.1 Å². The summed E-state index contributed by atoms with van der Waals surface area (Å²) in [6.45, 7) is 0.407. The van der Waals surface area contributed by atoms with Gasteiger partial charge < -0.3 is 5.11 Å². The maximum Gasteiger partial charge on any atom is 0.417 e. The van der Waals surface area contributed by atoms with E-state index in [0.29, 0.717) is 31.2 Å². The molecule has 1 atom stereocenters. The van der Waals surface area contributed by atoms with Gasteiger partial charge in [0.25, 0.3) is 5.92 Å². The van der Waals surface area contributed by atoms with Gasteiger partial charge in [0.1, 0.15) is 11.7 Å². The van der Waals surface area contributed by atoms with Crippen molar-refractivity contribution in [2.45, 2.75) is 31.1 Å². The van der Waals surface area contributed by atoms with E-state index in [1.165, 1.54) is 0 Å². The van der Waals surface area contributed by atoms with E-state index in [9.17, 15) is 44.3 Å². The monoisotopic (exact) mass is 490 g/mol. The first-order chi connectivity index (χ1) is 14.4. The van der Waals surface area contributed by atoms with E-state index in [4.69, 9.17) is 16.7 Å². The molecule has 32 heavy (non-hydrogen) atoms. The molecule has 0 aromatic heterocycles. The number of rotatable bonds is 5. The van der Waals surface area contributed by atoms with Gasteiger partial charge in [-0.2, -0.15) is 26.3 Å². The number of hydrogen-bond donors (Lipinski definition) is 1. The second-order valence-electron chi connectivity index (χ2n) is 6.76. The largest absolute Gasteiger partial charge is 0.478 e. The standard InChI is InChI=1S/C20H12ClF9O2/c1-18(23,24)11-4-10(5-12(21)7-11)14(19(25,26)27)8-16(22)9-2-3-13(17(31)32)15(6-9)20(28,29)30/h2-8,14H,1H3,(H,31,32)/b16-8-. The minimum Gasteiger partial charge on any atom is -0.478 e. The van der Waals surface area contributed by atoms with Crippen molar-refractivity contribution in [1.29, 1.82) is 0 Å². The molecule has 0 saturated heterocycles. The fraction of sp³-hybridized carbons (Fsp3) is 0.250. The van der Waals surface area contributed by atoms with Crippen LogP contribution in [0.2, 0.25) is 5.02 Å². The first-order valence-electron chi connectivity index (χ1n) is 8.49. The maximum atomic E-state index is 14.6. The zero-order chi connectivity index (χ0) is 24.6. The van der Waals surface area contributed by atoms with Crippen molar-refractivity contribution in [2.24, 2.45) is 0 Å². The molecular formula is C20H12ClF9O2. The fourth-order valence-electron chi connectivity index (χ4n) is 2.78. The SMILES string of the molecule is CC(F)(F)c1cc(Cl)cc(C(/C=C(\F)c2ccc(C(=O)O)c(C(F)(F)F)c2)C(F)(F)F)c1. The van der Waals surface area contributed by atoms with Crippen molar-refractivity contribution in [2.75, 3.05) is 0 Å². The molecule has 174 valence electrons. The Balaban J connectivity index is 2.65. The third-order valence-corrected chi connectivity index (χ3v) is 4.50. The van der Waals surface area contributed by atoms with Gasteiger partial charge in [-0.25, -0.2) is 18.0 Å². The van der Waals surface area contributed by atoms with Crippen LogP contribution in [-0.4, -0.2) is 17.3 Å². The average molecular weight is 491 g/mol. The number of halogens is 10. The van der Waals surface area contributed by atoms with Gasteiger partial charge in [0, 0.05) is 23.1 Å². The number of alkyl halides is 8. The number of carboxylic acids is 1. The van der Waals surface area contributed by atoms with E-state index in [-0.39, 0.29) is 12.1 Å². The summed E-state index contributed by atoms with van der Waals surface area (Å²) in [4.78, 5) is 11.0. The molecule has 2 aromatic rings. The number of carbonyl (C=O) groups is 1. The molecule has 12 heteroatoms. The van der Waals surface area contributed by atoms with Crippen molar-refractivity contribution >= 4 is 23.4 Å². The van der Waals surface area contributed by atoms with Crippen LogP contribution >= 0.6 is 11.6 Å². The number of aromatic carboxylic acids is 1. The smallest absolute Gasteiger partial charge is 0.417 e. The van der Waals surface area contributed by atoms with Gasteiger partial charge in [-0.1, -0.05) is 17.7 Å². The predicted molar refractivity (Wildman–Crippen MR) is 97.3 cm³/mol. The Morgan fingerprint density at radius 2 is 1.59 bits per heavy atom. The van der Waals surface area contributed by atoms with Crippen molar-refractivity contribution in [3.05, 3.63) is 75.3 Å². The number of benzene rings is 2. The molecule has 0 amide bonds. The van der Waals surface area contributed by atoms with Gasteiger partial charge >= 0.3 is 18.3 Å². The minimum absolute atomic E-state index is 0.0479. The Labute approximate surface area is 179 Å². The minimum atomic E-state index is -5.23. The van der Waals surface area contributed by atoms with Gasteiger partial charge in [0.15, 0.2) is 0 Å². The van der Waals surface area contributed by atoms with Gasteiger partial charge in [-0.05, 0) is 42.0 Å². The van der Waals surface area contributed by atoms with Crippen molar-refractivity contribution in [1.82, 2.24) is 0 Å². The van der Waals surface area contributed by atoms with Gasteiger partial charge in [0.2, 0.25) is 0 Å². The Hall–Kier alpha value is -2.69. The molecular weight excluding hydrogens is 479 g/mol. The van der Waals surface area contributed by atoms with Crippen LogP contribution in [0.1, 0.15) is 45.5 Å². The maximum absolute atomic E-state index is 14.6. The van der Waals surface area contributed by atoms with E-state index in [0.717, 1.165) is 6.07 Å². The van der Waals surface area contributed by atoms with E-state index in [1.54, 1.807) is 0 Å². The van der Waals surface area contributed by atoms with Gasteiger partial charge in [-0.3, -0.25) is 0 Å². The molecule has 1 unspecified atom stereocenters. The highest BCUT2D eigenvalue weighted by Gasteiger charge is 2.41.